The van der Waals surface area contributed by atoms with Crippen LogP contribution in [0.2, 0.25) is 0 Å². The van der Waals surface area contributed by atoms with Crippen LogP contribution in [-0.2, 0) is 34.0 Å². The van der Waals surface area contributed by atoms with Crippen LogP contribution in [0.5, 0.6) is 0 Å². The number of hydrogen-bond donors (Lipinski definition) is 0. The highest BCUT2D eigenvalue weighted by Gasteiger charge is 2.23. The molecule has 0 fully saturated rings. The van der Waals surface area contributed by atoms with Crippen LogP contribution < -0.4 is 4.90 Å². The van der Waals surface area contributed by atoms with Crippen LogP contribution in [0.25, 0.3) is 10.2 Å². The summed E-state index contributed by atoms with van der Waals surface area (Å²) in [5, 5.41) is 0.111. The average molecular weight is 483 g/mol. The molecular weight excluding hydrogens is 456 g/mol. The van der Waals surface area contributed by atoms with Gasteiger partial charge in [-0.25, -0.2) is 13.4 Å². The van der Waals surface area contributed by atoms with E-state index in [2.05, 4.69) is 19.1 Å². The summed E-state index contributed by atoms with van der Waals surface area (Å²) in [6, 6.07) is 16.3. The highest BCUT2D eigenvalue weighted by atomic mass is 32.2. The number of fused-ring (bicyclic) bond motifs is 1. The second-order valence-corrected chi connectivity index (χ2v) is 11.6. The monoisotopic (exact) mass is 482 g/mol. The average Bonchev–Trinajstić information content (AvgIpc) is 3.46. The van der Waals surface area contributed by atoms with Crippen molar-refractivity contribution in [1.29, 1.82) is 0 Å². The second kappa shape index (κ2) is 9.49. The van der Waals surface area contributed by atoms with Crippen molar-refractivity contribution in [3.05, 3.63) is 77.7 Å². The van der Waals surface area contributed by atoms with Crippen LogP contribution in [0.4, 0.5) is 5.13 Å². The van der Waals surface area contributed by atoms with Crippen molar-refractivity contribution < 1.29 is 17.6 Å². The molecule has 4 aromatic rings. The Morgan fingerprint density at radius 3 is 2.45 bits per heavy atom. The largest absolute Gasteiger partial charge is 0.467 e. The van der Waals surface area contributed by atoms with E-state index in [0.717, 1.165) is 22.2 Å². The van der Waals surface area contributed by atoms with Crippen molar-refractivity contribution in [2.24, 2.45) is 0 Å². The van der Waals surface area contributed by atoms with E-state index in [9.17, 15) is 13.2 Å². The Labute approximate surface area is 197 Å². The summed E-state index contributed by atoms with van der Waals surface area (Å²) in [6.07, 6.45) is 2.64. The molecule has 0 radical (unpaired) electrons. The zero-order chi connectivity index (χ0) is 23.6. The predicted molar refractivity (Wildman–Crippen MR) is 131 cm³/mol. The number of aromatic nitrogens is 1. The third-order valence-electron chi connectivity index (χ3n) is 5.50. The summed E-state index contributed by atoms with van der Waals surface area (Å²) >= 11 is 1.48. The number of nitrogens with zero attached hydrogens (tertiary/aromatic N) is 2. The molecule has 0 N–H and O–H groups in total. The zero-order valence-corrected chi connectivity index (χ0v) is 20.4. The van der Waals surface area contributed by atoms with E-state index in [1.165, 1.54) is 16.9 Å². The van der Waals surface area contributed by atoms with Gasteiger partial charge in [-0.3, -0.25) is 9.69 Å². The van der Waals surface area contributed by atoms with Gasteiger partial charge in [0.2, 0.25) is 5.91 Å². The smallest absolute Gasteiger partial charge is 0.233 e. The minimum absolute atomic E-state index is 0.124. The summed E-state index contributed by atoms with van der Waals surface area (Å²) < 4.78 is 31.3. The zero-order valence-electron chi connectivity index (χ0n) is 18.8. The third-order valence-corrected chi connectivity index (χ3v) is 8.72. The van der Waals surface area contributed by atoms with Crippen molar-refractivity contribution in [3.63, 3.8) is 0 Å². The molecule has 4 rings (SSSR count). The Hall–Kier alpha value is -2.97. The molecule has 0 atom stereocenters. The normalized spacial score (nSPS) is 11.9. The highest BCUT2D eigenvalue weighted by molar-refractivity contribution is 7.92. The van der Waals surface area contributed by atoms with Gasteiger partial charge in [0.15, 0.2) is 15.0 Å². The number of anilines is 1. The first-order valence-corrected chi connectivity index (χ1v) is 13.2. The third kappa shape index (κ3) is 5.02. The summed E-state index contributed by atoms with van der Waals surface area (Å²) in [5.74, 6) is 0.524. The molecule has 0 saturated heterocycles. The van der Waals surface area contributed by atoms with Gasteiger partial charge >= 0.3 is 0 Å². The number of sulfone groups is 1. The maximum Gasteiger partial charge on any atom is 0.233 e. The van der Waals surface area contributed by atoms with Crippen LogP contribution in [0.3, 0.4) is 0 Å². The van der Waals surface area contributed by atoms with E-state index in [0.29, 0.717) is 10.9 Å². The lowest BCUT2D eigenvalue weighted by Crippen LogP contribution is -2.31. The number of carbonyl (C=O) groups excluding carboxylic acids is 1. The number of furan rings is 1. The number of aryl methyl sites for hydroxylation is 1. The molecule has 0 aliphatic carbocycles. The van der Waals surface area contributed by atoms with E-state index >= 15 is 0 Å². The molecule has 2 heterocycles. The molecule has 0 saturated carbocycles. The van der Waals surface area contributed by atoms with Gasteiger partial charge in [0.05, 0.1) is 39.6 Å². The molecule has 0 unspecified atom stereocenters. The SMILES string of the molecule is CCc1ccc2nc(N(Cc3ccco3)C(=O)Cc3ccc(S(=O)(=O)C(C)C)cc3)sc2c1. The van der Waals surface area contributed by atoms with Gasteiger partial charge < -0.3 is 4.42 Å². The van der Waals surface area contributed by atoms with Gasteiger partial charge in [-0.05, 0) is 67.8 Å². The molecule has 8 heteroatoms. The minimum atomic E-state index is -3.35. The second-order valence-electron chi connectivity index (χ2n) is 8.13. The van der Waals surface area contributed by atoms with Crippen LogP contribution in [0.1, 0.15) is 37.7 Å². The molecular formula is C25H26N2O4S2. The molecule has 2 aromatic heterocycles. The lowest BCUT2D eigenvalue weighted by molar-refractivity contribution is -0.118. The Kier molecular flexibility index (Phi) is 6.67. The summed E-state index contributed by atoms with van der Waals surface area (Å²) in [4.78, 5) is 20.0. The lowest BCUT2D eigenvalue weighted by Gasteiger charge is -2.19. The fraction of sp³-hybridized carbons (Fsp3) is 0.280. The predicted octanol–water partition coefficient (Wildman–Crippen LogP) is 5.41. The number of benzene rings is 2. The molecule has 0 bridgehead atoms. The van der Waals surface area contributed by atoms with Gasteiger partial charge in [-0.15, -0.1) is 0 Å². The fourth-order valence-corrected chi connectivity index (χ4v) is 5.56. The van der Waals surface area contributed by atoms with Crippen molar-refractivity contribution >= 4 is 42.4 Å². The number of hydrogen-bond acceptors (Lipinski definition) is 6. The molecule has 0 aliphatic heterocycles. The van der Waals surface area contributed by atoms with E-state index in [4.69, 9.17) is 9.40 Å². The number of thiazole rings is 1. The summed E-state index contributed by atoms with van der Waals surface area (Å²) in [7, 11) is -3.35. The van der Waals surface area contributed by atoms with Crippen molar-refractivity contribution in [2.75, 3.05) is 4.90 Å². The Bertz CT molecular complexity index is 1360. The highest BCUT2D eigenvalue weighted by Crippen LogP contribution is 2.31. The van der Waals surface area contributed by atoms with Crippen LogP contribution in [0.15, 0.2) is 70.2 Å². The Balaban J connectivity index is 1.62. The first-order valence-electron chi connectivity index (χ1n) is 10.8. The lowest BCUT2D eigenvalue weighted by atomic mass is 10.1. The molecule has 1 amide bonds. The molecule has 2 aromatic carbocycles. The first kappa shape index (κ1) is 23.2. The number of carbonyl (C=O) groups is 1. The molecule has 6 nitrogen and oxygen atoms in total. The number of amides is 1. The van der Waals surface area contributed by atoms with Gasteiger partial charge in [0, 0.05) is 0 Å². The van der Waals surface area contributed by atoms with Crippen molar-refractivity contribution in [2.45, 2.75) is 50.3 Å². The van der Waals surface area contributed by atoms with Gasteiger partial charge in [-0.1, -0.05) is 36.5 Å². The van der Waals surface area contributed by atoms with Gasteiger partial charge in [0.25, 0.3) is 0 Å². The first-order chi connectivity index (χ1) is 15.8. The maximum absolute atomic E-state index is 13.4. The minimum Gasteiger partial charge on any atom is -0.467 e. The quantitative estimate of drug-likeness (QED) is 0.335. The maximum atomic E-state index is 13.4. The van der Waals surface area contributed by atoms with Crippen molar-refractivity contribution in [3.8, 4) is 0 Å². The Morgan fingerprint density at radius 1 is 1.09 bits per heavy atom. The molecule has 0 spiro atoms. The van der Waals surface area contributed by atoms with Crippen LogP contribution in [0, 0.1) is 0 Å². The molecule has 172 valence electrons. The topological polar surface area (TPSA) is 80.5 Å². The van der Waals surface area contributed by atoms with Gasteiger partial charge in [-0.2, -0.15) is 0 Å². The van der Waals surface area contributed by atoms with E-state index in [1.54, 1.807) is 55.3 Å². The summed E-state index contributed by atoms with van der Waals surface area (Å²) in [5.41, 5.74) is 2.81. The van der Waals surface area contributed by atoms with Crippen LogP contribution >= 0.6 is 11.3 Å². The number of rotatable bonds is 8. The molecule has 0 aliphatic rings. The fourth-order valence-electron chi connectivity index (χ4n) is 3.45. The van der Waals surface area contributed by atoms with E-state index in [1.807, 2.05) is 12.1 Å². The van der Waals surface area contributed by atoms with Crippen molar-refractivity contribution in [1.82, 2.24) is 4.98 Å². The summed E-state index contributed by atoms with van der Waals surface area (Å²) in [6.45, 7) is 5.68. The van der Waals surface area contributed by atoms with Gasteiger partial charge in [0.1, 0.15) is 5.76 Å². The van der Waals surface area contributed by atoms with E-state index < -0.39 is 15.1 Å². The van der Waals surface area contributed by atoms with E-state index in [-0.39, 0.29) is 23.8 Å². The van der Waals surface area contributed by atoms with Crippen LogP contribution in [-0.4, -0.2) is 24.6 Å². The standard InChI is InChI=1S/C25H26N2O4S2/c1-4-18-9-12-22-23(14-18)32-25(26-22)27(16-20-6-5-13-31-20)24(28)15-19-7-10-21(11-8-19)33(29,30)17(2)3/h5-14,17H,4,15-16H2,1-3H3. The Morgan fingerprint density at radius 2 is 1.82 bits per heavy atom. The molecule has 33 heavy (non-hydrogen) atoms.